The van der Waals surface area contributed by atoms with E-state index < -0.39 is 197 Å². The standard InChI is InChI=1S/2C12H8N2.6C7H4N2O6.2Dy/c2*1-3-9-5-6-10-4-2-8-14-12(10)11(9)13-7-1;6*10-7(11)4-1-5(8(12)13)3-6(2-4)9(14)15;;/h2*1-8H;6*1-3H,(H,10,11);;/q;;;;;;;;2*+3/p-6. The molecular formula is C66H34Dy2N16O36. The van der Waals surface area contributed by atoms with Crippen molar-refractivity contribution in [1.29, 1.82) is 0 Å². The number of nitrogens with zero attached hydrogens (tertiary/aromatic N) is 16. The van der Waals surface area contributed by atoms with Gasteiger partial charge in [-0.15, -0.1) is 0 Å². The Morgan fingerprint density at radius 1 is 0.192 bits per heavy atom. The Hall–Kier alpha value is -16.4. The molecule has 54 heteroatoms. The number of hydrogen-bond acceptors (Lipinski definition) is 40. The summed E-state index contributed by atoms with van der Waals surface area (Å²) in [5, 5.41) is 191. The second-order valence-electron chi connectivity index (χ2n) is 21.7. The molecule has 0 fully saturated rings. The van der Waals surface area contributed by atoms with Gasteiger partial charge in [-0.3, -0.25) is 141 Å². The van der Waals surface area contributed by atoms with Crippen LogP contribution < -0.4 is 30.6 Å². The number of benzene rings is 8. The summed E-state index contributed by atoms with van der Waals surface area (Å²) in [6.07, 6.45) is 7.21. The minimum absolute atomic E-state index is 0. The topological polar surface area (TPSA) is 810 Å². The third kappa shape index (κ3) is 28.6. The van der Waals surface area contributed by atoms with E-state index in [9.17, 15) is 181 Å². The van der Waals surface area contributed by atoms with Crippen molar-refractivity contribution in [2.24, 2.45) is 0 Å². The van der Waals surface area contributed by atoms with Crippen LogP contribution in [0.1, 0.15) is 62.1 Å². The molecule has 120 heavy (non-hydrogen) atoms. The van der Waals surface area contributed by atoms with Crippen molar-refractivity contribution in [3.8, 4) is 0 Å². The number of aromatic carboxylic acids is 6. The molecule has 8 aromatic carbocycles. The zero-order chi connectivity index (χ0) is 88.3. The molecule has 0 N–H and O–H groups in total. The number of hydrogen-bond donors (Lipinski definition) is 0. The minimum atomic E-state index is -1.71. The zero-order valence-corrected chi connectivity index (χ0v) is 62.2. The van der Waals surface area contributed by atoms with Crippen LogP contribution in [0.15, 0.2) is 207 Å². The molecule has 12 rings (SSSR count). The first-order valence-corrected chi connectivity index (χ1v) is 30.5. The fraction of sp³-hybridized carbons (Fsp3) is 0. The van der Waals surface area contributed by atoms with Crippen LogP contribution in [0.25, 0.3) is 43.6 Å². The van der Waals surface area contributed by atoms with Gasteiger partial charge in [-0.2, -0.15) is 0 Å². The monoisotopic (exact) mass is 1950 g/mol. The molecule has 4 heterocycles. The van der Waals surface area contributed by atoms with Gasteiger partial charge < -0.3 is 59.4 Å². The molecule has 0 saturated heterocycles. The van der Waals surface area contributed by atoms with Gasteiger partial charge in [0, 0.05) is 153 Å². The molecule has 0 aliphatic carbocycles. The summed E-state index contributed by atoms with van der Waals surface area (Å²) < 4.78 is 0. The van der Waals surface area contributed by atoms with Crippen LogP contribution in [0.2, 0.25) is 0 Å². The van der Waals surface area contributed by atoms with E-state index in [1.54, 1.807) is 24.8 Å². The Morgan fingerprint density at radius 2 is 0.300 bits per heavy atom. The third-order valence-electron chi connectivity index (χ3n) is 14.0. The fourth-order valence-corrected chi connectivity index (χ4v) is 8.90. The van der Waals surface area contributed by atoms with Gasteiger partial charge in [0.05, 0.1) is 153 Å². The molecular weight excluding hydrogens is 1920 g/mol. The van der Waals surface area contributed by atoms with Gasteiger partial charge in [0.15, 0.2) is 0 Å². The van der Waals surface area contributed by atoms with Gasteiger partial charge in [0.1, 0.15) is 0 Å². The normalized spacial score (nSPS) is 9.73. The number of carboxylic acids is 6. The fourth-order valence-electron chi connectivity index (χ4n) is 8.90. The first kappa shape index (κ1) is 97.8. The quantitative estimate of drug-likeness (QED) is 0.0634. The average Bonchev–Trinajstić information content (AvgIpc) is 0.796. The van der Waals surface area contributed by atoms with E-state index in [1.807, 2.05) is 24.3 Å². The van der Waals surface area contributed by atoms with Crippen LogP contribution in [-0.4, -0.2) is 115 Å². The van der Waals surface area contributed by atoms with E-state index in [2.05, 4.69) is 68.5 Å². The molecule has 0 spiro atoms. The molecule has 0 bridgehead atoms. The smallest absolute Gasteiger partial charge is 0.545 e. The Labute approximate surface area is 718 Å². The van der Waals surface area contributed by atoms with E-state index in [0.29, 0.717) is 109 Å². The molecule has 614 valence electrons. The van der Waals surface area contributed by atoms with Crippen molar-refractivity contribution < 1.29 is 195 Å². The summed E-state index contributed by atoms with van der Waals surface area (Å²) in [5.74, 6) is -10.2. The van der Waals surface area contributed by atoms with Crippen molar-refractivity contribution >= 4 is 148 Å². The van der Waals surface area contributed by atoms with Gasteiger partial charge in [0.2, 0.25) is 0 Å². The van der Waals surface area contributed by atoms with Crippen molar-refractivity contribution in [1.82, 2.24) is 19.9 Å². The number of rotatable bonds is 18. The maximum atomic E-state index is 10.4. The summed E-state index contributed by atoms with van der Waals surface area (Å²) in [6, 6.07) is 36.7. The van der Waals surface area contributed by atoms with Crippen LogP contribution in [0.3, 0.4) is 0 Å². The van der Waals surface area contributed by atoms with E-state index >= 15 is 0 Å². The van der Waals surface area contributed by atoms with Crippen molar-refractivity contribution in [3.63, 3.8) is 0 Å². The number of non-ortho nitro benzene ring substituents is 12. The summed E-state index contributed by atoms with van der Waals surface area (Å²) in [4.78, 5) is 193. The van der Waals surface area contributed by atoms with Gasteiger partial charge in [-0.25, -0.2) is 0 Å². The Morgan fingerprint density at radius 3 is 0.392 bits per heavy atom. The summed E-state index contributed by atoms with van der Waals surface area (Å²) in [7, 11) is 0. The Bertz CT molecular complexity index is 4810. The molecule has 52 nitrogen and oxygen atoms in total. The van der Waals surface area contributed by atoms with Gasteiger partial charge >= 0.3 is 76.3 Å². The van der Waals surface area contributed by atoms with E-state index in [1.165, 1.54) is 0 Å². The molecule has 0 unspecified atom stereocenters. The van der Waals surface area contributed by atoms with Gasteiger partial charge in [-0.1, -0.05) is 48.5 Å². The molecule has 0 aliphatic rings. The first-order valence-electron chi connectivity index (χ1n) is 30.5. The second-order valence-corrected chi connectivity index (χ2v) is 21.7. The van der Waals surface area contributed by atoms with Crippen LogP contribution in [-0.2, 0) is 0 Å². The summed E-state index contributed by atoms with van der Waals surface area (Å²) in [6.45, 7) is 0. The number of aromatic nitrogens is 4. The SMILES string of the molecule is O=C([O-])c1cc([N+](=O)[O-])cc([N+](=O)[O-])c1.O=C([O-])c1cc([N+](=O)[O-])cc([N+](=O)[O-])c1.O=C([O-])c1cc([N+](=O)[O-])cc([N+](=O)[O-])c1.O=C([O-])c1cc([N+](=O)[O-])cc([N+](=O)[O-])c1.O=C([O-])c1cc([N+](=O)[O-])cc([N+](=O)[O-])c1.O=C([O-])c1cc([N+](=O)[O-])cc([N+](=O)[O-])c1.[Dy+3].[Dy+3].c1cnc2c(c1)ccc1cccnc12.c1cnc2c(c1)ccc1cccnc12. The molecule has 0 aliphatic heterocycles. The van der Waals surface area contributed by atoms with Crippen LogP contribution in [0.5, 0.6) is 0 Å². The molecule has 0 atom stereocenters. The van der Waals surface area contributed by atoms with Crippen molar-refractivity contribution in [2.45, 2.75) is 0 Å². The molecule has 4 aromatic heterocycles. The van der Waals surface area contributed by atoms with Crippen molar-refractivity contribution in [2.75, 3.05) is 0 Å². The molecule has 0 saturated carbocycles. The first-order chi connectivity index (χ1) is 55.4. The number of fused-ring (bicyclic) bond motifs is 6. The number of nitro benzene ring substituents is 12. The number of pyridine rings is 4. The molecule has 2 radical (unpaired) electrons. The predicted molar refractivity (Wildman–Crippen MR) is 379 cm³/mol. The number of nitro groups is 12. The Kier molecular flexibility index (Phi) is 36.6. The van der Waals surface area contributed by atoms with E-state index in [0.717, 1.165) is 43.6 Å². The number of carbonyl (C=O) groups excluding carboxylic acids is 6. The maximum Gasteiger partial charge on any atom is 3.00 e. The minimum Gasteiger partial charge on any atom is -0.545 e. The van der Waals surface area contributed by atoms with Gasteiger partial charge in [-0.05, 0) is 24.3 Å². The largest absolute Gasteiger partial charge is 3.00 e. The van der Waals surface area contributed by atoms with Crippen LogP contribution in [0, 0.1) is 198 Å². The van der Waals surface area contributed by atoms with Crippen LogP contribution in [0.4, 0.5) is 68.2 Å². The van der Waals surface area contributed by atoms with Gasteiger partial charge in [0.25, 0.3) is 68.2 Å². The number of carboxylic acid groups (broad SMARTS) is 6. The third-order valence-corrected chi connectivity index (χ3v) is 14.0. The molecule has 0 amide bonds. The maximum absolute atomic E-state index is 10.4. The second kappa shape index (κ2) is 44.9. The van der Waals surface area contributed by atoms with E-state index in [-0.39, 0.29) is 76.3 Å². The molecule has 12 aromatic rings. The predicted octanol–water partition coefficient (Wildman–Crippen LogP) is 4.77. The van der Waals surface area contributed by atoms with Crippen LogP contribution >= 0.6 is 0 Å². The average molecular weight is 1950 g/mol. The van der Waals surface area contributed by atoms with Crippen molar-refractivity contribution in [3.05, 3.63) is 362 Å². The summed E-state index contributed by atoms with van der Waals surface area (Å²) in [5.41, 5.74) is -7.66. The Balaban J connectivity index is 0.000000354. The summed E-state index contributed by atoms with van der Waals surface area (Å²) >= 11 is 0. The zero-order valence-electron chi connectivity index (χ0n) is 58.1. The number of carbonyl (C=O) groups is 6. The van der Waals surface area contributed by atoms with E-state index in [4.69, 9.17) is 0 Å².